The van der Waals surface area contributed by atoms with Gasteiger partial charge in [-0.3, -0.25) is 0 Å². The molecule has 2 rings (SSSR count). The van der Waals surface area contributed by atoms with Gasteiger partial charge in [0.25, 0.3) is 0 Å². The van der Waals surface area contributed by atoms with Crippen molar-refractivity contribution in [1.29, 1.82) is 0 Å². The van der Waals surface area contributed by atoms with Crippen LogP contribution >= 0.6 is 0 Å². The molecule has 1 aromatic rings. The van der Waals surface area contributed by atoms with Crippen LogP contribution in [0.15, 0.2) is 12.1 Å². The van der Waals surface area contributed by atoms with Crippen LogP contribution in [0.25, 0.3) is 0 Å². The highest BCUT2D eigenvalue weighted by atomic mass is 16.5. The van der Waals surface area contributed by atoms with E-state index in [4.69, 9.17) is 4.74 Å². The third-order valence-corrected chi connectivity index (χ3v) is 3.10. The van der Waals surface area contributed by atoms with Crippen LogP contribution in [-0.4, -0.2) is 13.2 Å². The molecule has 0 amide bonds. The molecular weight excluding hydrogens is 186 g/mol. The molecule has 2 atom stereocenters. The van der Waals surface area contributed by atoms with Crippen LogP contribution in [0.5, 0.6) is 5.75 Å². The molecule has 2 nitrogen and oxygen atoms in total. The number of benzene rings is 1. The van der Waals surface area contributed by atoms with Gasteiger partial charge in [0.2, 0.25) is 0 Å². The van der Waals surface area contributed by atoms with E-state index < -0.39 is 0 Å². The SMILES string of the molecule is COc1c(C)cc(C)cc1C1CC(C)N1. The molecule has 0 radical (unpaired) electrons. The fourth-order valence-corrected chi connectivity index (χ4v) is 2.41. The average Bonchev–Trinajstić information content (AvgIpc) is 2.12. The van der Waals surface area contributed by atoms with E-state index in [1.54, 1.807) is 7.11 Å². The molecule has 1 aromatic carbocycles. The van der Waals surface area contributed by atoms with E-state index in [-0.39, 0.29) is 0 Å². The van der Waals surface area contributed by atoms with Crippen LogP contribution in [0.4, 0.5) is 0 Å². The summed E-state index contributed by atoms with van der Waals surface area (Å²) in [5.41, 5.74) is 3.85. The molecule has 1 saturated heterocycles. The van der Waals surface area contributed by atoms with E-state index in [0.29, 0.717) is 12.1 Å². The number of nitrogens with one attached hydrogen (secondary N) is 1. The third kappa shape index (κ3) is 1.86. The summed E-state index contributed by atoms with van der Waals surface area (Å²) in [6.07, 6.45) is 1.21. The number of ether oxygens (including phenoxy) is 1. The molecule has 0 bridgehead atoms. The van der Waals surface area contributed by atoms with Gasteiger partial charge in [0.15, 0.2) is 0 Å². The monoisotopic (exact) mass is 205 g/mol. The first-order chi connectivity index (χ1) is 7.11. The fraction of sp³-hybridized carbons (Fsp3) is 0.538. The maximum atomic E-state index is 5.48. The van der Waals surface area contributed by atoms with Crippen molar-refractivity contribution in [3.63, 3.8) is 0 Å². The highest BCUT2D eigenvalue weighted by molar-refractivity contribution is 5.46. The van der Waals surface area contributed by atoms with Crippen molar-refractivity contribution < 1.29 is 4.74 Å². The van der Waals surface area contributed by atoms with E-state index in [2.05, 4.69) is 38.2 Å². The molecule has 0 aliphatic carbocycles. The lowest BCUT2D eigenvalue weighted by Gasteiger charge is -2.36. The lowest BCUT2D eigenvalue weighted by atomic mass is 9.89. The van der Waals surface area contributed by atoms with E-state index in [1.165, 1.54) is 23.1 Å². The Bertz CT molecular complexity index is 367. The van der Waals surface area contributed by atoms with Crippen LogP contribution in [0.1, 0.15) is 36.1 Å². The molecule has 1 heterocycles. The molecule has 1 aliphatic rings. The van der Waals surface area contributed by atoms with Gasteiger partial charge < -0.3 is 10.1 Å². The molecule has 0 saturated carbocycles. The predicted octanol–water partition coefficient (Wildman–Crippen LogP) is 2.73. The van der Waals surface area contributed by atoms with Crippen molar-refractivity contribution in [3.8, 4) is 5.75 Å². The topological polar surface area (TPSA) is 21.3 Å². The lowest BCUT2D eigenvalue weighted by Crippen LogP contribution is -2.43. The standard InChI is InChI=1S/C13H19NO/c1-8-5-9(2)13(15-4)11(6-8)12-7-10(3)14-12/h5-6,10,12,14H,7H2,1-4H3. The Hall–Kier alpha value is -1.02. The molecule has 1 fully saturated rings. The first-order valence-corrected chi connectivity index (χ1v) is 5.53. The van der Waals surface area contributed by atoms with Gasteiger partial charge in [-0.15, -0.1) is 0 Å². The maximum Gasteiger partial charge on any atom is 0.126 e. The molecule has 2 heteroatoms. The Morgan fingerprint density at radius 3 is 2.53 bits per heavy atom. The molecule has 1 N–H and O–H groups in total. The molecule has 2 unspecified atom stereocenters. The Morgan fingerprint density at radius 1 is 1.33 bits per heavy atom. The number of rotatable bonds is 2. The summed E-state index contributed by atoms with van der Waals surface area (Å²) in [7, 11) is 1.75. The van der Waals surface area contributed by atoms with E-state index >= 15 is 0 Å². The van der Waals surface area contributed by atoms with Crippen molar-refractivity contribution in [1.82, 2.24) is 5.32 Å². The van der Waals surface area contributed by atoms with E-state index in [1.807, 2.05) is 0 Å². The Kier molecular flexibility index (Phi) is 2.70. The highest BCUT2D eigenvalue weighted by Gasteiger charge is 2.28. The number of aryl methyl sites for hydroxylation is 2. The highest BCUT2D eigenvalue weighted by Crippen LogP contribution is 2.36. The summed E-state index contributed by atoms with van der Waals surface area (Å²) in [4.78, 5) is 0. The second-order valence-electron chi connectivity index (χ2n) is 4.56. The second kappa shape index (κ2) is 3.86. The minimum Gasteiger partial charge on any atom is -0.496 e. The molecule has 0 aromatic heterocycles. The number of hydrogen-bond donors (Lipinski definition) is 1. The lowest BCUT2D eigenvalue weighted by molar-refractivity contribution is 0.278. The summed E-state index contributed by atoms with van der Waals surface area (Å²) < 4.78 is 5.48. The van der Waals surface area contributed by atoms with Gasteiger partial charge in [-0.1, -0.05) is 17.7 Å². The zero-order chi connectivity index (χ0) is 11.0. The summed E-state index contributed by atoms with van der Waals surface area (Å²) in [5.74, 6) is 1.05. The summed E-state index contributed by atoms with van der Waals surface area (Å²) in [6, 6.07) is 5.52. The van der Waals surface area contributed by atoms with Crippen molar-refractivity contribution in [2.75, 3.05) is 7.11 Å². The number of hydrogen-bond acceptors (Lipinski definition) is 2. The van der Waals surface area contributed by atoms with Crippen LogP contribution in [0.3, 0.4) is 0 Å². The molecule has 82 valence electrons. The third-order valence-electron chi connectivity index (χ3n) is 3.10. The first-order valence-electron chi connectivity index (χ1n) is 5.53. The van der Waals surface area contributed by atoms with Gasteiger partial charge in [-0.2, -0.15) is 0 Å². The largest absolute Gasteiger partial charge is 0.496 e. The normalized spacial score (nSPS) is 24.8. The predicted molar refractivity (Wildman–Crippen MR) is 62.4 cm³/mol. The molecular formula is C13H19NO. The smallest absolute Gasteiger partial charge is 0.126 e. The minimum absolute atomic E-state index is 0.480. The summed E-state index contributed by atoms with van der Waals surface area (Å²) >= 11 is 0. The minimum atomic E-state index is 0.480. The van der Waals surface area contributed by atoms with E-state index in [0.717, 1.165) is 5.75 Å². The van der Waals surface area contributed by atoms with Crippen LogP contribution in [0.2, 0.25) is 0 Å². The summed E-state index contributed by atoms with van der Waals surface area (Å²) in [5, 5.41) is 3.51. The van der Waals surface area contributed by atoms with Gasteiger partial charge in [0.1, 0.15) is 5.75 Å². The van der Waals surface area contributed by atoms with Gasteiger partial charge in [-0.25, -0.2) is 0 Å². The van der Waals surface area contributed by atoms with Crippen LogP contribution in [-0.2, 0) is 0 Å². The van der Waals surface area contributed by atoms with Crippen LogP contribution < -0.4 is 10.1 Å². The molecule has 0 spiro atoms. The Labute approximate surface area is 91.6 Å². The molecule has 15 heavy (non-hydrogen) atoms. The second-order valence-corrected chi connectivity index (χ2v) is 4.56. The summed E-state index contributed by atoms with van der Waals surface area (Å²) in [6.45, 7) is 6.46. The zero-order valence-electron chi connectivity index (χ0n) is 9.92. The van der Waals surface area contributed by atoms with Crippen molar-refractivity contribution >= 4 is 0 Å². The van der Waals surface area contributed by atoms with Crippen molar-refractivity contribution in [2.45, 2.75) is 39.3 Å². The van der Waals surface area contributed by atoms with Gasteiger partial charge >= 0.3 is 0 Å². The van der Waals surface area contributed by atoms with Gasteiger partial charge in [0.05, 0.1) is 7.11 Å². The Morgan fingerprint density at radius 2 is 2.00 bits per heavy atom. The van der Waals surface area contributed by atoms with Crippen LogP contribution in [0, 0.1) is 13.8 Å². The Balaban J connectivity index is 2.36. The van der Waals surface area contributed by atoms with Crippen molar-refractivity contribution in [3.05, 3.63) is 28.8 Å². The first kappa shape index (κ1) is 10.5. The average molecular weight is 205 g/mol. The fourth-order valence-electron chi connectivity index (χ4n) is 2.41. The van der Waals surface area contributed by atoms with E-state index in [9.17, 15) is 0 Å². The maximum absolute atomic E-state index is 5.48. The molecule has 1 aliphatic heterocycles. The quantitative estimate of drug-likeness (QED) is 0.801. The zero-order valence-corrected chi connectivity index (χ0v) is 9.92. The van der Waals surface area contributed by atoms with Gasteiger partial charge in [-0.05, 0) is 32.8 Å². The van der Waals surface area contributed by atoms with Crippen molar-refractivity contribution in [2.24, 2.45) is 0 Å². The number of methoxy groups -OCH3 is 1. The van der Waals surface area contributed by atoms with Gasteiger partial charge in [0, 0.05) is 17.6 Å².